The molecule has 0 spiro atoms. The molecule has 108 valence electrons. The summed E-state index contributed by atoms with van der Waals surface area (Å²) >= 11 is 0. The zero-order valence-electron chi connectivity index (χ0n) is 12.0. The quantitative estimate of drug-likeness (QED) is 0.913. The molecule has 21 heavy (non-hydrogen) atoms. The molecule has 1 aliphatic heterocycles. The summed E-state index contributed by atoms with van der Waals surface area (Å²) in [5.41, 5.74) is 2.57. The maximum absolute atomic E-state index is 11.5. The van der Waals surface area contributed by atoms with Gasteiger partial charge < -0.3 is 5.32 Å². The normalized spacial score (nSPS) is 18.0. The van der Waals surface area contributed by atoms with Gasteiger partial charge in [0.25, 0.3) is 0 Å². The summed E-state index contributed by atoms with van der Waals surface area (Å²) in [4.78, 5) is 13.9. The number of carbonyl (C=O) groups is 1. The van der Waals surface area contributed by atoms with Gasteiger partial charge in [0.15, 0.2) is 0 Å². The molecule has 1 aliphatic rings. The van der Waals surface area contributed by atoms with Gasteiger partial charge in [-0.15, -0.1) is 0 Å². The molecule has 1 heterocycles. The Kier molecular flexibility index (Phi) is 4.31. The summed E-state index contributed by atoms with van der Waals surface area (Å²) in [5.74, 6) is 0.158. The highest BCUT2D eigenvalue weighted by Crippen LogP contribution is 2.17. The number of nitrogens with one attached hydrogen (secondary N) is 1. The topological polar surface area (TPSA) is 32.3 Å². The van der Waals surface area contributed by atoms with Crippen LogP contribution < -0.4 is 5.32 Å². The minimum absolute atomic E-state index is 0.158. The van der Waals surface area contributed by atoms with Crippen molar-refractivity contribution >= 4 is 5.91 Å². The van der Waals surface area contributed by atoms with Crippen LogP contribution in [-0.4, -0.2) is 23.4 Å². The Balaban J connectivity index is 1.76. The number of benzene rings is 2. The molecule has 1 atom stereocenters. The summed E-state index contributed by atoms with van der Waals surface area (Å²) in [7, 11) is 0. The number of nitrogens with zero attached hydrogens (tertiary/aromatic N) is 1. The van der Waals surface area contributed by atoms with Gasteiger partial charge in [0.2, 0.25) is 5.91 Å². The van der Waals surface area contributed by atoms with Crippen LogP contribution in [0.2, 0.25) is 0 Å². The minimum atomic E-state index is 0.158. The number of carbonyl (C=O) groups excluding carboxylic acids is 1. The summed E-state index contributed by atoms with van der Waals surface area (Å²) < 4.78 is 0. The summed E-state index contributed by atoms with van der Waals surface area (Å²) in [6.07, 6.45) is 0.597. The lowest BCUT2D eigenvalue weighted by Crippen LogP contribution is -2.35. The first kappa shape index (κ1) is 13.8. The van der Waals surface area contributed by atoms with Gasteiger partial charge in [-0.2, -0.15) is 0 Å². The van der Waals surface area contributed by atoms with Crippen LogP contribution >= 0.6 is 0 Å². The third kappa shape index (κ3) is 3.70. The highest BCUT2D eigenvalue weighted by molar-refractivity contribution is 5.78. The molecule has 1 fully saturated rings. The van der Waals surface area contributed by atoms with Gasteiger partial charge in [0.05, 0.1) is 0 Å². The van der Waals surface area contributed by atoms with E-state index in [1.54, 1.807) is 0 Å². The van der Waals surface area contributed by atoms with Crippen molar-refractivity contribution < 1.29 is 4.79 Å². The fourth-order valence-electron chi connectivity index (χ4n) is 2.80. The maximum atomic E-state index is 11.5. The van der Waals surface area contributed by atoms with Crippen molar-refractivity contribution in [3.63, 3.8) is 0 Å². The Morgan fingerprint density at radius 2 is 1.43 bits per heavy atom. The van der Waals surface area contributed by atoms with Crippen LogP contribution in [0.5, 0.6) is 0 Å². The monoisotopic (exact) mass is 280 g/mol. The first-order chi connectivity index (χ1) is 10.3. The van der Waals surface area contributed by atoms with Crippen LogP contribution in [-0.2, 0) is 17.9 Å². The second-order valence-corrected chi connectivity index (χ2v) is 5.54. The molecule has 0 aromatic heterocycles. The van der Waals surface area contributed by atoms with Crippen LogP contribution in [0.1, 0.15) is 17.5 Å². The van der Waals surface area contributed by atoms with Crippen molar-refractivity contribution in [1.29, 1.82) is 0 Å². The Bertz CT molecular complexity index is 541. The zero-order valence-corrected chi connectivity index (χ0v) is 12.0. The van der Waals surface area contributed by atoms with E-state index >= 15 is 0 Å². The largest absolute Gasteiger partial charge is 0.354 e. The Labute approximate surface area is 125 Å². The van der Waals surface area contributed by atoms with Crippen LogP contribution in [0, 0.1) is 0 Å². The predicted octanol–water partition coefficient (Wildman–Crippen LogP) is 2.58. The fourth-order valence-corrected chi connectivity index (χ4v) is 2.80. The molecule has 0 aliphatic carbocycles. The van der Waals surface area contributed by atoms with E-state index in [0.717, 1.165) is 19.6 Å². The van der Waals surface area contributed by atoms with E-state index in [-0.39, 0.29) is 11.9 Å². The molecule has 0 saturated carbocycles. The lowest BCUT2D eigenvalue weighted by molar-refractivity contribution is -0.119. The predicted molar refractivity (Wildman–Crippen MR) is 83.5 cm³/mol. The first-order valence-corrected chi connectivity index (χ1v) is 7.40. The highest BCUT2D eigenvalue weighted by Gasteiger charge is 2.27. The molecule has 2 aromatic rings. The number of amides is 1. The Morgan fingerprint density at radius 1 is 0.905 bits per heavy atom. The Morgan fingerprint density at radius 3 is 1.86 bits per heavy atom. The van der Waals surface area contributed by atoms with Gasteiger partial charge in [-0.1, -0.05) is 60.7 Å². The third-order valence-electron chi connectivity index (χ3n) is 3.93. The summed E-state index contributed by atoms with van der Waals surface area (Å²) in [6, 6.07) is 21.2. The van der Waals surface area contributed by atoms with E-state index in [1.165, 1.54) is 11.1 Å². The van der Waals surface area contributed by atoms with E-state index in [9.17, 15) is 4.79 Å². The molecule has 1 N–H and O–H groups in total. The van der Waals surface area contributed by atoms with Crippen molar-refractivity contribution in [3.05, 3.63) is 71.8 Å². The van der Waals surface area contributed by atoms with Crippen LogP contribution in [0.25, 0.3) is 0 Å². The van der Waals surface area contributed by atoms with Gasteiger partial charge in [-0.3, -0.25) is 9.69 Å². The SMILES string of the molecule is O=C1C[C@@H](N(Cc2ccccc2)Cc2ccccc2)CN1. The molecule has 3 rings (SSSR count). The molecule has 1 amide bonds. The number of hydrogen-bond acceptors (Lipinski definition) is 2. The van der Waals surface area contributed by atoms with Crippen molar-refractivity contribution in [2.45, 2.75) is 25.6 Å². The molecule has 3 nitrogen and oxygen atoms in total. The van der Waals surface area contributed by atoms with Crippen molar-refractivity contribution in [1.82, 2.24) is 10.2 Å². The van der Waals surface area contributed by atoms with Gasteiger partial charge in [0, 0.05) is 32.1 Å². The van der Waals surface area contributed by atoms with E-state index in [1.807, 2.05) is 12.1 Å². The van der Waals surface area contributed by atoms with Crippen LogP contribution in [0.3, 0.4) is 0 Å². The van der Waals surface area contributed by atoms with Gasteiger partial charge >= 0.3 is 0 Å². The van der Waals surface area contributed by atoms with E-state index < -0.39 is 0 Å². The highest BCUT2D eigenvalue weighted by atomic mass is 16.1. The van der Waals surface area contributed by atoms with Crippen molar-refractivity contribution in [3.8, 4) is 0 Å². The molecule has 0 bridgehead atoms. The van der Waals surface area contributed by atoms with Gasteiger partial charge in [-0.05, 0) is 11.1 Å². The van der Waals surface area contributed by atoms with E-state index in [0.29, 0.717) is 6.42 Å². The first-order valence-electron chi connectivity index (χ1n) is 7.40. The molecule has 0 radical (unpaired) electrons. The molecule has 3 heteroatoms. The fraction of sp³-hybridized carbons (Fsp3) is 0.278. The molecule has 1 saturated heterocycles. The maximum Gasteiger partial charge on any atom is 0.221 e. The summed E-state index contributed by atoms with van der Waals surface area (Å²) in [5, 5.41) is 2.94. The molecule has 2 aromatic carbocycles. The average Bonchev–Trinajstić information content (AvgIpc) is 2.95. The average molecular weight is 280 g/mol. The third-order valence-corrected chi connectivity index (χ3v) is 3.93. The Hall–Kier alpha value is -2.13. The van der Waals surface area contributed by atoms with Gasteiger partial charge in [-0.25, -0.2) is 0 Å². The summed E-state index contributed by atoms with van der Waals surface area (Å²) in [6.45, 7) is 2.49. The zero-order chi connectivity index (χ0) is 14.5. The second-order valence-electron chi connectivity index (χ2n) is 5.54. The van der Waals surface area contributed by atoms with E-state index in [2.05, 4.69) is 58.7 Å². The van der Waals surface area contributed by atoms with Crippen molar-refractivity contribution in [2.24, 2.45) is 0 Å². The molecular formula is C18H20N2O. The molecular weight excluding hydrogens is 260 g/mol. The number of rotatable bonds is 5. The number of hydrogen-bond donors (Lipinski definition) is 1. The lowest BCUT2D eigenvalue weighted by Gasteiger charge is -2.28. The smallest absolute Gasteiger partial charge is 0.221 e. The van der Waals surface area contributed by atoms with Crippen LogP contribution in [0.15, 0.2) is 60.7 Å². The van der Waals surface area contributed by atoms with Crippen LogP contribution in [0.4, 0.5) is 0 Å². The minimum Gasteiger partial charge on any atom is -0.354 e. The lowest BCUT2D eigenvalue weighted by atomic mass is 10.1. The second kappa shape index (κ2) is 6.55. The van der Waals surface area contributed by atoms with E-state index in [4.69, 9.17) is 0 Å². The van der Waals surface area contributed by atoms with Gasteiger partial charge in [0.1, 0.15) is 0 Å². The van der Waals surface area contributed by atoms with Crippen molar-refractivity contribution in [2.75, 3.05) is 6.54 Å². The molecule has 0 unspecified atom stereocenters. The standard InChI is InChI=1S/C18H20N2O/c21-18-11-17(12-19-18)20(13-15-7-3-1-4-8-15)14-16-9-5-2-6-10-16/h1-10,17H,11-14H2,(H,19,21)/t17-/m1/s1.